The molecule has 0 saturated heterocycles. The maximum atomic E-state index is 12.9. The quantitative estimate of drug-likeness (QED) is 0.0629. The molecular weight excluding hydrogens is 666 g/mol. The summed E-state index contributed by atoms with van der Waals surface area (Å²) in [5, 5.41) is 0.131. The molecule has 2 aromatic heterocycles. The van der Waals surface area contributed by atoms with Gasteiger partial charge in [-0.1, -0.05) is 0 Å². The molecule has 0 unspecified atom stereocenters. The molecule has 232 valence electrons. The summed E-state index contributed by atoms with van der Waals surface area (Å²) >= 11 is 0. The Labute approximate surface area is 300 Å². The van der Waals surface area contributed by atoms with Gasteiger partial charge in [0.15, 0.2) is 28.8 Å². The number of ether oxygens (including phenoxy) is 4. The van der Waals surface area contributed by atoms with E-state index >= 15 is 0 Å². The molecule has 0 bridgehead atoms. The van der Waals surface area contributed by atoms with Crippen LogP contribution in [-0.4, -0.2) is 58.2 Å². The second kappa shape index (κ2) is 15.4. The van der Waals surface area contributed by atoms with Gasteiger partial charge in [0.2, 0.25) is 0 Å². The zero-order valence-electron chi connectivity index (χ0n) is 24.8. The van der Waals surface area contributed by atoms with Gasteiger partial charge in [-0.25, -0.2) is 26.4 Å². The number of hydrogen-bond donors (Lipinski definition) is 0. The largest absolute Gasteiger partial charge is 1.00 e. The fourth-order valence-electron chi connectivity index (χ4n) is 4.13. The van der Waals surface area contributed by atoms with E-state index in [-0.39, 0.29) is 117 Å². The van der Waals surface area contributed by atoms with Crippen molar-refractivity contribution in [3.8, 4) is 23.0 Å². The van der Waals surface area contributed by atoms with E-state index in [4.69, 9.17) is 27.8 Å². The summed E-state index contributed by atoms with van der Waals surface area (Å²) in [5.74, 6) is -3.33. The normalized spacial score (nSPS) is 11.3. The van der Waals surface area contributed by atoms with Crippen LogP contribution in [-0.2, 0) is 36.9 Å². The maximum Gasteiger partial charge on any atom is 1.00 e. The molecule has 4 aromatic rings. The topological polar surface area (TPSA) is 230 Å². The van der Waals surface area contributed by atoms with Crippen LogP contribution in [0.2, 0.25) is 0 Å². The Morgan fingerprint density at radius 1 is 0.733 bits per heavy atom. The van der Waals surface area contributed by atoms with Crippen LogP contribution < -0.4 is 77.0 Å². The second-order valence-electron chi connectivity index (χ2n) is 8.44. The Hall–Kier alpha value is -2.52. The van der Waals surface area contributed by atoms with Crippen LogP contribution in [0.3, 0.4) is 0 Å². The van der Waals surface area contributed by atoms with Gasteiger partial charge in [-0.15, -0.1) is 0 Å². The fraction of sp³-hybridized carbons (Fsp3) is 0.280. The predicted molar refractivity (Wildman–Crippen MR) is 141 cm³/mol. The van der Waals surface area contributed by atoms with Crippen molar-refractivity contribution < 1.29 is 131 Å². The second-order valence-corrected chi connectivity index (χ2v) is 10.4. The summed E-state index contributed by atoms with van der Waals surface area (Å²) in [6.07, 6.45) is 0. The van der Waals surface area contributed by atoms with E-state index in [1.807, 2.05) is 0 Å². The van der Waals surface area contributed by atoms with Gasteiger partial charge in [0.1, 0.15) is 34.7 Å². The molecular formula is C25H22Na2O16S2. The minimum Gasteiger partial charge on any atom is -0.716 e. The number of carbonyl (C=O) groups excluding carboxylic acids is 2. The van der Waals surface area contributed by atoms with Gasteiger partial charge >= 0.3 is 71.1 Å². The number of esters is 2. The van der Waals surface area contributed by atoms with E-state index in [1.54, 1.807) is 13.8 Å². The van der Waals surface area contributed by atoms with E-state index in [9.17, 15) is 35.5 Å². The van der Waals surface area contributed by atoms with Gasteiger partial charge in [0.25, 0.3) is 20.8 Å². The van der Waals surface area contributed by atoms with Gasteiger partial charge in [-0.3, -0.25) is 0 Å². The third kappa shape index (κ3) is 9.06. The van der Waals surface area contributed by atoms with E-state index in [0.29, 0.717) is 11.0 Å². The number of fused-ring (bicyclic) bond motifs is 2. The van der Waals surface area contributed by atoms with Gasteiger partial charge in [-0.2, -0.15) is 0 Å². The molecule has 45 heavy (non-hydrogen) atoms. The molecule has 0 atom stereocenters. The summed E-state index contributed by atoms with van der Waals surface area (Å²) in [4.78, 5) is 25.5. The van der Waals surface area contributed by atoms with Crippen molar-refractivity contribution in [3.05, 3.63) is 46.9 Å². The molecule has 2 heterocycles. The number of aryl methyl sites for hydroxylation is 1. The molecule has 0 saturated carbocycles. The molecule has 0 aliphatic heterocycles. The first-order valence-electron chi connectivity index (χ1n) is 12.1. The standard InChI is InChI=1S/C25H24O16S2.2Na/c1-5-35-24(26)22-12(3)38-15-9-17(34-4)18(7-13(15)22)37-11-21-23(25(27)36-6-2)14-8-19(40-42(28,29)30)20(10-16(14)39-21)41-43(31,32)33;;/h7-10H,5-6,11H2,1-4H3,(H,28,29,30)(H,31,32,33);;/q;2*+1/p-2. The number of hydrogen-bond acceptors (Lipinski definition) is 16. The van der Waals surface area contributed by atoms with Gasteiger partial charge in [0.05, 0.1) is 20.3 Å². The van der Waals surface area contributed by atoms with Crippen molar-refractivity contribution in [2.45, 2.75) is 27.4 Å². The minimum atomic E-state index is -5.50. The number of rotatable bonds is 12. The van der Waals surface area contributed by atoms with Crippen LogP contribution in [0.15, 0.2) is 33.1 Å². The van der Waals surface area contributed by atoms with Crippen LogP contribution in [0.25, 0.3) is 21.9 Å². The molecule has 4 rings (SSSR count). The molecule has 0 spiro atoms. The molecule has 0 aliphatic rings. The third-order valence-corrected chi connectivity index (χ3v) is 6.45. The van der Waals surface area contributed by atoms with Crippen molar-refractivity contribution in [1.29, 1.82) is 0 Å². The van der Waals surface area contributed by atoms with Crippen LogP contribution >= 0.6 is 0 Å². The zero-order chi connectivity index (χ0) is 31.7. The summed E-state index contributed by atoms with van der Waals surface area (Å²) < 4.78 is 109. The Bertz CT molecular complexity index is 1940. The van der Waals surface area contributed by atoms with Gasteiger partial charge < -0.3 is 45.3 Å². The first kappa shape index (κ1) is 38.7. The van der Waals surface area contributed by atoms with Crippen LogP contribution in [0.4, 0.5) is 0 Å². The average molecular weight is 689 g/mol. The smallest absolute Gasteiger partial charge is 0.716 e. The Morgan fingerprint density at radius 3 is 1.73 bits per heavy atom. The summed E-state index contributed by atoms with van der Waals surface area (Å²) in [6.45, 7) is 4.24. The van der Waals surface area contributed by atoms with Crippen molar-refractivity contribution in [2.75, 3.05) is 20.3 Å². The molecule has 0 aliphatic carbocycles. The Morgan fingerprint density at radius 2 is 1.20 bits per heavy atom. The van der Waals surface area contributed by atoms with Crippen molar-refractivity contribution >= 4 is 54.7 Å². The molecule has 2 aromatic carbocycles. The summed E-state index contributed by atoms with van der Waals surface area (Å²) in [6, 6.07) is 4.38. The SMILES string of the molecule is CCOC(=O)c1c(C)oc2cc(OC)c(OCc3oc4cc(OS(=O)(=O)[O-])c(OS(=O)(=O)[O-])cc4c3C(=O)OCC)cc12.[Na+].[Na+]. The number of benzene rings is 2. The number of carbonyl (C=O) groups is 2. The molecule has 0 radical (unpaired) electrons. The zero-order valence-corrected chi connectivity index (χ0v) is 30.4. The Balaban J connectivity index is 0.00000353. The maximum absolute atomic E-state index is 12.9. The van der Waals surface area contributed by atoms with Crippen molar-refractivity contribution in [2.24, 2.45) is 0 Å². The molecule has 0 fully saturated rings. The Kier molecular flexibility index (Phi) is 13.2. The number of methoxy groups -OCH3 is 1. The summed E-state index contributed by atoms with van der Waals surface area (Å²) in [7, 11) is -9.63. The summed E-state index contributed by atoms with van der Waals surface area (Å²) in [5.41, 5.74) is -0.161. The monoisotopic (exact) mass is 688 g/mol. The average Bonchev–Trinajstić information content (AvgIpc) is 3.40. The van der Waals surface area contributed by atoms with Crippen molar-refractivity contribution in [3.63, 3.8) is 0 Å². The number of furan rings is 2. The van der Waals surface area contributed by atoms with Crippen LogP contribution in [0, 0.1) is 6.92 Å². The van der Waals surface area contributed by atoms with E-state index in [2.05, 4.69) is 8.37 Å². The van der Waals surface area contributed by atoms with E-state index in [1.165, 1.54) is 26.2 Å². The molecule has 0 amide bonds. The molecule has 16 nitrogen and oxygen atoms in total. The molecule has 0 N–H and O–H groups in total. The van der Waals surface area contributed by atoms with E-state index in [0.717, 1.165) is 12.1 Å². The van der Waals surface area contributed by atoms with Crippen molar-refractivity contribution in [1.82, 2.24) is 0 Å². The molecule has 20 heteroatoms. The minimum absolute atomic E-state index is 0. The fourth-order valence-corrected chi connectivity index (χ4v) is 4.83. The first-order chi connectivity index (χ1) is 20.2. The third-order valence-electron chi connectivity index (χ3n) is 5.68. The van der Waals surface area contributed by atoms with Gasteiger partial charge in [0, 0.05) is 22.9 Å². The van der Waals surface area contributed by atoms with E-state index < -0.39 is 50.8 Å². The van der Waals surface area contributed by atoms with Crippen LogP contribution in [0.1, 0.15) is 46.1 Å². The van der Waals surface area contributed by atoms with Crippen LogP contribution in [0.5, 0.6) is 23.0 Å². The van der Waals surface area contributed by atoms with Gasteiger partial charge in [-0.05, 0) is 32.9 Å². The first-order valence-corrected chi connectivity index (χ1v) is 14.8. The predicted octanol–water partition coefficient (Wildman–Crippen LogP) is -2.89.